The molecule has 0 radical (unpaired) electrons. The Hall–Kier alpha value is -1.39. The average Bonchev–Trinajstić information content (AvgIpc) is 2.63. The van der Waals surface area contributed by atoms with Crippen LogP contribution in [-0.2, 0) is 9.53 Å². The van der Waals surface area contributed by atoms with Crippen LogP contribution in [0.3, 0.4) is 0 Å². The lowest BCUT2D eigenvalue weighted by Crippen LogP contribution is -2.51. The molecule has 2 aliphatic carbocycles. The molecule has 3 aliphatic rings. The van der Waals surface area contributed by atoms with E-state index in [0.29, 0.717) is 17.9 Å². The van der Waals surface area contributed by atoms with Crippen molar-refractivity contribution >= 4 is 5.91 Å². The summed E-state index contributed by atoms with van der Waals surface area (Å²) in [5.74, 6) is 1.43. The van der Waals surface area contributed by atoms with Crippen LogP contribution in [0, 0.1) is 24.7 Å². The number of hydrogen-bond acceptors (Lipinski definition) is 3. The number of hydrogen-bond donors (Lipinski definition) is 2. The third-order valence-corrected chi connectivity index (χ3v) is 6.84. The molecule has 3 N–H and O–H groups in total. The zero-order chi connectivity index (χ0) is 18.1. The molecule has 3 fully saturated rings. The van der Waals surface area contributed by atoms with Crippen molar-refractivity contribution < 1.29 is 9.53 Å². The van der Waals surface area contributed by atoms with Gasteiger partial charge in [-0.1, -0.05) is 36.2 Å². The summed E-state index contributed by atoms with van der Waals surface area (Å²) in [6.45, 7) is 2.86. The van der Waals surface area contributed by atoms with Gasteiger partial charge in [-0.15, -0.1) is 0 Å². The minimum absolute atomic E-state index is 0.0290. The Morgan fingerprint density at radius 2 is 1.77 bits per heavy atom. The third-order valence-electron chi connectivity index (χ3n) is 6.84. The maximum Gasteiger partial charge on any atom is 0.223 e. The fourth-order valence-corrected chi connectivity index (χ4v) is 5.32. The fraction of sp³-hybridized carbons (Fsp3) is 0.682. The Morgan fingerprint density at radius 1 is 1.08 bits per heavy atom. The number of benzene rings is 1. The molecule has 1 heterocycles. The summed E-state index contributed by atoms with van der Waals surface area (Å²) in [5, 5.41) is 3.35. The van der Waals surface area contributed by atoms with Crippen LogP contribution in [0.2, 0.25) is 0 Å². The van der Waals surface area contributed by atoms with Crippen LogP contribution in [0.1, 0.15) is 62.2 Å². The minimum atomic E-state index is -0.0290. The van der Waals surface area contributed by atoms with Crippen molar-refractivity contribution in [2.24, 2.45) is 23.5 Å². The molecule has 0 aromatic heterocycles. The van der Waals surface area contributed by atoms with Crippen LogP contribution in [0.25, 0.3) is 0 Å². The molecule has 142 valence electrons. The topological polar surface area (TPSA) is 64.3 Å². The molecule has 2 bridgehead atoms. The standard InChI is InChI=1S/C22H32N2O2/c1-14-7-9-15(10-8-14)21-19(6-3-11-26-21)24-22(25)18-12-16-4-2-5-17(13-18)20(16)23/h7-10,16-21H,2-6,11-13,23H2,1H3,(H,24,25). The first-order chi connectivity index (χ1) is 12.6. The van der Waals surface area contributed by atoms with E-state index >= 15 is 0 Å². The Bertz CT molecular complexity index is 616. The maximum atomic E-state index is 13.0. The second-order valence-corrected chi connectivity index (χ2v) is 8.66. The summed E-state index contributed by atoms with van der Waals surface area (Å²) in [6, 6.07) is 8.90. The lowest BCUT2D eigenvalue weighted by atomic mass is 9.65. The van der Waals surface area contributed by atoms with Gasteiger partial charge in [-0.3, -0.25) is 4.79 Å². The predicted molar refractivity (Wildman–Crippen MR) is 103 cm³/mol. The molecule has 1 aromatic carbocycles. The third kappa shape index (κ3) is 3.67. The van der Waals surface area contributed by atoms with Crippen LogP contribution in [0.4, 0.5) is 0 Å². The number of ether oxygens (including phenoxy) is 1. The number of nitrogens with one attached hydrogen (secondary N) is 1. The van der Waals surface area contributed by atoms with Gasteiger partial charge in [0.1, 0.15) is 6.10 Å². The fourth-order valence-electron chi connectivity index (χ4n) is 5.32. The van der Waals surface area contributed by atoms with Gasteiger partial charge in [0.15, 0.2) is 0 Å². The molecule has 4 atom stereocenters. The highest BCUT2D eigenvalue weighted by Gasteiger charge is 2.41. The summed E-state index contributed by atoms with van der Waals surface area (Å²) in [7, 11) is 0. The predicted octanol–water partition coefficient (Wildman–Crippen LogP) is 3.48. The van der Waals surface area contributed by atoms with E-state index in [1.807, 2.05) is 0 Å². The van der Waals surface area contributed by atoms with E-state index in [2.05, 4.69) is 36.5 Å². The second-order valence-electron chi connectivity index (χ2n) is 8.66. The largest absolute Gasteiger partial charge is 0.371 e. The number of fused-ring (bicyclic) bond motifs is 2. The molecule has 4 heteroatoms. The lowest BCUT2D eigenvalue weighted by molar-refractivity contribution is -0.131. The highest BCUT2D eigenvalue weighted by atomic mass is 16.5. The van der Waals surface area contributed by atoms with E-state index in [1.165, 1.54) is 30.4 Å². The summed E-state index contributed by atoms with van der Waals surface area (Å²) in [6.07, 6.45) is 7.57. The molecule has 2 saturated carbocycles. The Morgan fingerprint density at radius 3 is 2.46 bits per heavy atom. The van der Waals surface area contributed by atoms with Crippen LogP contribution < -0.4 is 11.1 Å². The number of aryl methyl sites for hydroxylation is 1. The van der Waals surface area contributed by atoms with Gasteiger partial charge in [-0.25, -0.2) is 0 Å². The Labute approximate surface area is 156 Å². The van der Waals surface area contributed by atoms with Crippen LogP contribution >= 0.6 is 0 Å². The van der Waals surface area contributed by atoms with E-state index in [9.17, 15) is 4.79 Å². The smallest absolute Gasteiger partial charge is 0.223 e. The van der Waals surface area contributed by atoms with Crippen molar-refractivity contribution in [3.63, 3.8) is 0 Å². The normalized spacial score (nSPS) is 37.2. The summed E-state index contributed by atoms with van der Waals surface area (Å²) < 4.78 is 6.06. The highest BCUT2D eigenvalue weighted by Crippen LogP contribution is 2.42. The molecule has 4 rings (SSSR count). The van der Waals surface area contributed by atoms with Gasteiger partial charge in [0.25, 0.3) is 0 Å². The van der Waals surface area contributed by atoms with Gasteiger partial charge < -0.3 is 15.8 Å². The number of amides is 1. The first-order valence-corrected chi connectivity index (χ1v) is 10.4. The molecule has 4 unspecified atom stereocenters. The average molecular weight is 357 g/mol. The van der Waals surface area contributed by atoms with Gasteiger partial charge in [0, 0.05) is 18.6 Å². The summed E-state index contributed by atoms with van der Waals surface area (Å²) in [4.78, 5) is 13.0. The van der Waals surface area contributed by atoms with E-state index in [0.717, 1.165) is 32.3 Å². The number of nitrogens with two attached hydrogens (primary N) is 1. The molecule has 1 aromatic rings. The molecule has 1 aliphatic heterocycles. The van der Waals surface area contributed by atoms with Crippen LogP contribution in [0.5, 0.6) is 0 Å². The van der Waals surface area contributed by atoms with E-state index in [1.54, 1.807) is 0 Å². The van der Waals surface area contributed by atoms with Crippen molar-refractivity contribution in [3.05, 3.63) is 35.4 Å². The zero-order valence-corrected chi connectivity index (χ0v) is 15.8. The molecule has 26 heavy (non-hydrogen) atoms. The molecular weight excluding hydrogens is 324 g/mol. The molecule has 1 saturated heterocycles. The van der Waals surface area contributed by atoms with Gasteiger partial charge in [-0.05, 0) is 62.8 Å². The summed E-state index contributed by atoms with van der Waals surface area (Å²) in [5.41, 5.74) is 8.80. The minimum Gasteiger partial charge on any atom is -0.371 e. The lowest BCUT2D eigenvalue weighted by Gasteiger charge is -2.44. The SMILES string of the molecule is Cc1ccc(C2OCCCC2NC(=O)C2CC3CCCC(C2)C3N)cc1. The van der Waals surface area contributed by atoms with Crippen LogP contribution in [-0.4, -0.2) is 24.6 Å². The van der Waals surface area contributed by atoms with Crippen LogP contribution in [0.15, 0.2) is 24.3 Å². The maximum absolute atomic E-state index is 13.0. The quantitative estimate of drug-likeness (QED) is 0.871. The van der Waals surface area contributed by atoms with Crippen molar-refractivity contribution in [1.82, 2.24) is 5.32 Å². The highest BCUT2D eigenvalue weighted by molar-refractivity contribution is 5.79. The molecule has 1 amide bonds. The van der Waals surface area contributed by atoms with E-state index in [4.69, 9.17) is 10.5 Å². The monoisotopic (exact) mass is 356 g/mol. The van der Waals surface area contributed by atoms with Crippen molar-refractivity contribution in [1.29, 1.82) is 0 Å². The number of carbonyl (C=O) groups is 1. The molecule has 0 spiro atoms. The van der Waals surface area contributed by atoms with E-state index < -0.39 is 0 Å². The first-order valence-electron chi connectivity index (χ1n) is 10.4. The van der Waals surface area contributed by atoms with Gasteiger partial charge >= 0.3 is 0 Å². The zero-order valence-electron chi connectivity index (χ0n) is 15.8. The Kier molecular flexibility index (Phi) is 5.32. The molecule has 4 nitrogen and oxygen atoms in total. The van der Waals surface area contributed by atoms with Gasteiger partial charge in [-0.2, -0.15) is 0 Å². The first kappa shape index (κ1) is 18.0. The van der Waals surface area contributed by atoms with E-state index in [-0.39, 0.29) is 24.0 Å². The van der Waals surface area contributed by atoms with Gasteiger partial charge in [0.2, 0.25) is 5.91 Å². The van der Waals surface area contributed by atoms with Crippen molar-refractivity contribution in [3.8, 4) is 0 Å². The number of carbonyl (C=O) groups excluding carboxylic acids is 1. The number of rotatable bonds is 3. The van der Waals surface area contributed by atoms with Crippen molar-refractivity contribution in [2.45, 2.75) is 70.1 Å². The van der Waals surface area contributed by atoms with Crippen molar-refractivity contribution in [2.75, 3.05) is 6.61 Å². The van der Waals surface area contributed by atoms with Gasteiger partial charge in [0.05, 0.1) is 6.04 Å². The summed E-state index contributed by atoms with van der Waals surface area (Å²) >= 11 is 0. The Balaban J connectivity index is 1.43. The second kappa shape index (κ2) is 7.69. The molecular formula is C22H32N2O2.